The molecule has 3 heterocycles. The van der Waals surface area contributed by atoms with Crippen LogP contribution in [0, 0.1) is 11.3 Å². The molecule has 0 aliphatic carbocycles. The summed E-state index contributed by atoms with van der Waals surface area (Å²) in [6.45, 7) is 2.62. The highest BCUT2D eigenvalue weighted by molar-refractivity contribution is 5.87. The van der Waals surface area contributed by atoms with Gasteiger partial charge in [-0.25, -0.2) is 5.43 Å². The number of hydrogen-bond donors (Lipinski definition) is 2. The lowest BCUT2D eigenvalue weighted by Gasteiger charge is -2.37. The number of rotatable bonds is 3. The normalized spacial score (nSPS) is 31.0. The van der Waals surface area contributed by atoms with Crippen LogP contribution in [0.25, 0.3) is 0 Å². The average Bonchev–Trinajstić information content (AvgIpc) is 3.34. The molecule has 3 atom stereocenters. The monoisotopic (exact) mass is 372 g/mol. The van der Waals surface area contributed by atoms with Crippen LogP contribution in [0.1, 0.15) is 30.9 Å². The quantitative estimate of drug-likeness (QED) is 0.826. The molecule has 1 spiro atoms. The summed E-state index contributed by atoms with van der Waals surface area (Å²) in [5.41, 5.74) is 7.03. The first kappa shape index (κ1) is 18.3. The number of nitrogens with one attached hydrogen (secondary N) is 2. The van der Waals surface area contributed by atoms with Crippen molar-refractivity contribution in [2.24, 2.45) is 11.3 Å². The number of hydrogen-bond acceptors (Lipinski definition) is 5. The number of methoxy groups -OCH3 is 1. The van der Waals surface area contributed by atoms with Crippen LogP contribution in [0.4, 0.5) is 0 Å². The molecule has 4 rings (SSSR count). The van der Waals surface area contributed by atoms with Gasteiger partial charge in [-0.05, 0) is 37.0 Å². The largest absolute Gasteiger partial charge is 0.497 e. The minimum absolute atomic E-state index is 0.103. The number of hydrazine groups is 1. The van der Waals surface area contributed by atoms with Gasteiger partial charge in [-0.15, -0.1) is 0 Å². The van der Waals surface area contributed by atoms with Gasteiger partial charge in [-0.3, -0.25) is 15.0 Å². The average molecular weight is 372 g/mol. The van der Waals surface area contributed by atoms with Crippen molar-refractivity contribution in [3.8, 4) is 5.75 Å². The summed E-state index contributed by atoms with van der Waals surface area (Å²) >= 11 is 0. The lowest BCUT2D eigenvalue weighted by Crippen LogP contribution is -2.49. The van der Waals surface area contributed by atoms with Crippen molar-refractivity contribution in [3.63, 3.8) is 0 Å². The molecular weight excluding hydrogens is 344 g/mol. The minimum atomic E-state index is -0.367. The van der Waals surface area contributed by atoms with Gasteiger partial charge in [0.25, 0.3) is 0 Å². The number of amides is 2. The number of likely N-dealkylation sites (tertiary alicyclic amines) is 2. The van der Waals surface area contributed by atoms with Crippen LogP contribution in [-0.2, 0) is 9.59 Å². The fourth-order valence-electron chi connectivity index (χ4n) is 4.82. The minimum Gasteiger partial charge on any atom is -0.497 e. The maximum atomic E-state index is 13.3. The Hall–Kier alpha value is -2.12. The molecule has 0 bridgehead atoms. The maximum Gasteiger partial charge on any atom is 0.230 e. The first-order valence-electron chi connectivity index (χ1n) is 9.71. The summed E-state index contributed by atoms with van der Waals surface area (Å²) in [6, 6.07) is 7.72. The number of ether oxygens (including phenoxy) is 1. The van der Waals surface area contributed by atoms with Crippen molar-refractivity contribution in [1.82, 2.24) is 20.7 Å². The van der Waals surface area contributed by atoms with Crippen molar-refractivity contribution >= 4 is 11.8 Å². The Morgan fingerprint density at radius 1 is 1.30 bits per heavy atom. The van der Waals surface area contributed by atoms with Gasteiger partial charge in [-0.2, -0.15) is 0 Å². The zero-order valence-corrected chi connectivity index (χ0v) is 16.0. The van der Waals surface area contributed by atoms with E-state index in [1.165, 1.54) is 0 Å². The Labute approximate surface area is 160 Å². The van der Waals surface area contributed by atoms with E-state index in [1.54, 1.807) is 7.11 Å². The van der Waals surface area contributed by atoms with E-state index in [9.17, 15) is 9.59 Å². The number of benzene rings is 1. The van der Waals surface area contributed by atoms with Gasteiger partial charge in [-0.1, -0.05) is 12.1 Å². The molecule has 7 nitrogen and oxygen atoms in total. The van der Waals surface area contributed by atoms with Crippen LogP contribution in [0.15, 0.2) is 24.3 Å². The topological polar surface area (TPSA) is 73.9 Å². The van der Waals surface area contributed by atoms with Gasteiger partial charge in [0.05, 0.1) is 24.5 Å². The van der Waals surface area contributed by atoms with Gasteiger partial charge >= 0.3 is 0 Å². The zero-order chi connectivity index (χ0) is 19.0. The molecular formula is C20H28N4O3. The van der Waals surface area contributed by atoms with Crippen LogP contribution in [0.2, 0.25) is 0 Å². The molecule has 2 amide bonds. The third-order valence-corrected chi connectivity index (χ3v) is 6.37. The molecule has 3 unspecified atom stereocenters. The van der Waals surface area contributed by atoms with E-state index < -0.39 is 0 Å². The predicted octanol–water partition coefficient (Wildman–Crippen LogP) is 0.931. The van der Waals surface area contributed by atoms with Crippen molar-refractivity contribution < 1.29 is 14.3 Å². The van der Waals surface area contributed by atoms with E-state index in [2.05, 4.69) is 10.9 Å². The summed E-state index contributed by atoms with van der Waals surface area (Å²) in [5, 5.41) is 0. The molecule has 146 valence electrons. The lowest BCUT2D eigenvalue weighted by atomic mass is 9.78. The molecule has 0 aromatic heterocycles. The smallest absolute Gasteiger partial charge is 0.230 e. The number of nitrogens with zero attached hydrogens (tertiary/aromatic N) is 2. The second-order valence-electron chi connectivity index (χ2n) is 8.01. The number of carbonyl (C=O) groups excluding carboxylic acids is 2. The van der Waals surface area contributed by atoms with E-state index in [1.807, 2.05) is 41.1 Å². The van der Waals surface area contributed by atoms with Crippen molar-refractivity contribution in [2.75, 3.05) is 40.3 Å². The van der Waals surface area contributed by atoms with Gasteiger partial charge < -0.3 is 14.5 Å². The highest BCUT2D eigenvalue weighted by atomic mass is 16.5. The number of piperidine rings is 1. The van der Waals surface area contributed by atoms with Gasteiger partial charge in [0.1, 0.15) is 5.75 Å². The molecule has 3 fully saturated rings. The van der Waals surface area contributed by atoms with Gasteiger partial charge in [0.15, 0.2) is 0 Å². The summed E-state index contributed by atoms with van der Waals surface area (Å²) in [5.74, 6) is 0.918. The summed E-state index contributed by atoms with van der Waals surface area (Å²) in [7, 11) is 3.52. The standard InChI is InChI=1S/C20H28N4O3/c1-23-9-4-7-20(19(23)26)8-10-24(13-20)18(25)16-12-21-22-17(16)14-5-3-6-15(11-14)27-2/h3,5-6,11,16-17,21-22H,4,7-10,12-13H2,1-2H3. The molecule has 2 N–H and O–H groups in total. The van der Waals surface area contributed by atoms with E-state index in [0.29, 0.717) is 19.6 Å². The Kier molecular flexibility index (Phi) is 4.82. The summed E-state index contributed by atoms with van der Waals surface area (Å²) in [6.07, 6.45) is 2.68. The van der Waals surface area contributed by atoms with Crippen LogP contribution in [0.3, 0.4) is 0 Å². The summed E-state index contributed by atoms with van der Waals surface area (Å²) < 4.78 is 5.32. The third-order valence-electron chi connectivity index (χ3n) is 6.37. The maximum absolute atomic E-state index is 13.3. The third kappa shape index (κ3) is 3.19. The molecule has 7 heteroatoms. The Balaban J connectivity index is 1.50. The molecule has 1 aromatic carbocycles. The second kappa shape index (κ2) is 7.13. The lowest BCUT2D eigenvalue weighted by molar-refractivity contribution is -0.145. The molecule has 3 aliphatic rings. The van der Waals surface area contributed by atoms with E-state index >= 15 is 0 Å². The van der Waals surface area contributed by atoms with Gasteiger partial charge in [0, 0.05) is 33.2 Å². The van der Waals surface area contributed by atoms with Crippen LogP contribution in [0.5, 0.6) is 5.75 Å². The van der Waals surface area contributed by atoms with E-state index in [-0.39, 0.29) is 29.2 Å². The molecule has 1 aromatic rings. The molecule has 0 saturated carbocycles. The van der Waals surface area contributed by atoms with Crippen molar-refractivity contribution in [3.05, 3.63) is 29.8 Å². The molecule has 3 saturated heterocycles. The Morgan fingerprint density at radius 3 is 2.96 bits per heavy atom. The van der Waals surface area contributed by atoms with Crippen LogP contribution >= 0.6 is 0 Å². The predicted molar refractivity (Wildman–Crippen MR) is 101 cm³/mol. The van der Waals surface area contributed by atoms with Crippen molar-refractivity contribution in [2.45, 2.75) is 25.3 Å². The SMILES string of the molecule is COc1cccc(C2NNCC2C(=O)N2CCC3(CCCN(C)C3=O)C2)c1. The van der Waals surface area contributed by atoms with Crippen LogP contribution in [-0.4, -0.2) is 62.0 Å². The first-order chi connectivity index (χ1) is 13.0. The second-order valence-corrected chi connectivity index (χ2v) is 8.01. The highest BCUT2D eigenvalue weighted by Gasteiger charge is 2.50. The molecule has 3 aliphatic heterocycles. The van der Waals surface area contributed by atoms with E-state index in [0.717, 1.165) is 37.1 Å². The molecule has 27 heavy (non-hydrogen) atoms. The first-order valence-corrected chi connectivity index (χ1v) is 9.71. The highest BCUT2D eigenvalue weighted by Crippen LogP contribution is 2.41. The van der Waals surface area contributed by atoms with Gasteiger partial charge in [0.2, 0.25) is 11.8 Å². The summed E-state index contributed by atoms with van der Waals surface area (Å²) in [4.78, 5) is 29.8. The Bertz CT molecular complexity index is 740. The van der Waals surface area contributed by atoms with Crippen molar-refractivity contribution in [1.29, 1.82) is 0 Å². The zero-order valence-electron chi connectivity index (χ0n) is 16.0. The fourth-order valence-corrected chi connectivity index (χ4v) is 4.82. The van der Waals surface area contributed by atoms with Crippen LogP contribution < -0.4 is 15.6 Å². The molecule has 0 radical (unpaired) electrons. The Morgan fingerprint density at radius 2 is 2.15 bits per heavy atom. The van der Waals surface area contributed by atoms with E-state index in [4.69, 9.17) is 4.74 Å². The number of carbonyl (C=O) groups is 2. The fraction of sp³-hybridized carbons (Fsp3) is 0.600.